The maximum Gasteiger partial charge on any atom is 0.314 e. The Kier molecular flexibility index (Phi) is 4.72. The van der Waals surface area contributed by atoms with Gasteiger partial charge in [-0.25, -0.2) is 4.68 Å². The molecule has 2 heterocycles. The van der Waals surface area contributed by atoms with E-state index in [0.29, 0.717) is 5.82 Å². The normalized spacial score (nSPS) is 16.5. The fraction of sp³-hybridized carbons (Fsp3) is 0.421. The zero-order valence-electron chi connectivity index (χ0n) is 14.7. The minimum Gasteiger partial charge on any atom is -0.345 e. The average Bonchev–Trinajstić information content (AvgIpc) is 3.35. The summed E-state index contributed by atoms with van der Waals surface area (Å²) >= 11 is 1.76. The average molecular weight is 370 g/mol. The summed E-state index contributed by atoms with van der Waals surface area (Å²) in [4.78, 5) is 24.7. The number of nitrogens with one attached hydrogen (secondary N) is 2. The number of anilines is 1. The number of aromatic nitrogens is 2. The Morgan fingerprint density at radius 1 is 1.12 bits per heavy atom. The number of amides is 2. The maximum atomic E-state index is 12.5. The van der Waals surface area contributed by atoms with E-state index < -0.39 is 11.8 Å². The van der Waals surface area contributed by atoms with Crippen molar-refractivity contribution in [3.8, 4) is 5.69 Å². The van der Waals surface area contributed by atoms with Gasteiger partial charge in [0.1, 0.15) is 5.82 Å². The zero-order valence-corrected chi connectivity index (χ0v) is 15.6. The summed E-state index contributed by atoms with van der Waals surface area (Å²) in [6.07, 6.45) is 4.12. The molecule has 1 aliphatic carbocycles. The van der Waals surface area contributed by atoms with Crippen LogP contribution in [0.1, 0.15) is 42.5 Å². The van der Waals surface area contributed by atoms with Crippen molar-refractivity contribution in [1.29, 1.82) is 0 Å². The summed E-state index contributed by atoms with van der Waals surface area (Å²) in [5.74, 6) is 1.05. The molecule has 1 saturated carbocycles. The Morgan fingerprint density at radius 3 is 2.58 bits per heavy atom. The number of fused-ring (bicyclic) bond motifs is 1. The Hall–Kier alpha value is -2.28. The number of rotatable bonds is 3. The van der Waals surface area contributed by atoms with Gasteiger partial charge in [-0.3, -0.25) is 9.59 Å². The molecule has 136 valence electrons. The fourth-order valence-corrected chi connectivity index (χ4v) is 4.53. The summed E-state index contributed by atoms with van der Waals surface area (Å²) in [5, 5.41) is 10.3. The molecule has 2 aliphatic rings. The number of carbonyl (C=O) groups excluding carboxylic acids is 2. The molecule has 2 N–H and O–H groups in total. The first-order chi connectivity index (χ1) is 12.6. The molecule has 0 unspecified atom stereocenters. The van der Waals surface area contributed by atoms with E-state index in [2.05, 4.69) is 15.7 Å². The summed E-state index contributed by atoms with van der Waals surface area (Å²) in [6, 6.07) is 8.08. The molecule has 7 heteroatoms. The topological polar surface area (TPSA) is 76.0 Å². The number of carbonyl (C=O) groups is 2. The highest BCUT2D eigenvalue weighted by atomic mass is 32.2. The third-order valence-corrected chi connectivity index (χ3v) is 5.93. The summed E-state index contributed by atoms with van der Waals surface area (Å²) in [5.41, 5.74) is 4.02. The van der Waals surface area contributed by atoms with E-state index in [0.717, 1.165) is 59.7 Å². The molecule has 0 radical (unpaired) electrons. The van der Waals surface area contributed by atoms with Gasteiger partial charge in [-0.15, -0.1) is 0 Å². The van der Waals surface area contributed by atoms with E-state index in [9.17, 15) is 9.59 Å². The molecule has 1 fully saturated rings. The van der Waals surface area contributed by atoms with Gasteiger partial charge in [0, 0.05) is 23.1 Å². The van der Waals surface area contributed by atoms with Gasteiger partial charge < -0.3 is 10.6 Å². The van der Waals surface area contributed by atoms with Gasteiger partial charge >= 0.3 is 11.8 Å². The van der Waals surface area contributed by atoms with Crippen LogP contribution in [-0.2, 0) is 21.1 Å². The SMILES string of the molecule is Cc1ccc(-n2nc3c(c2NC(=O)C(=O)NC2CCCC2)CSC3)cc1. The van der Waals surface area contributed by atoms with Gasteiger partial charge in [0.15, 0.2) is 0 Å². The number of aryl methyl sites for hydroxylation is 1. The van der Waals surface area contributed by atoms with Crippen molar-refractivity contribution in [2.24, 2.45) is 0 Å². The summed E-state index contributed by atoms with van der Waals surface area (Å²) in [6.45, 7) is 2.03. The van der Waals surface area contributed by atoms with Crippen LogP contribution in [0.25, 0.3) is 5.69 Å². The van der Waals surface area contributed by atoms with Crippen LogP contribution >= 0.6 is 11.8 Å². The molecular weight excluding hydrogens is 348 g/mol. The van der Waals surface area contributed by atoms with Crippen LogP contribution in [0.15, 0.2) is 24.3 Å². The van der Waals surface area contributed by atoms with Gasteiger partial charge in [0.05, 0.1) is 11.4 Å². The van der Waals surface area contributed by atoms with E-state index in [-0.39, 0.29) is 6.04 Å². The lowest BCUT2D eigenvalue weighted by Gasteiger charge is -2.13. The van der Waals surface area contributed by atoms with Gasteiger partial charge in [0.25, 0.3) is 0 Å². The van der Waals surface area contributed by atoms with Crippen LogP contribution in [0.5, 0.6) is 0 Å². The van der Waals surface area contributed by atoms with Crippen LogP contribution in [0.2, 0.25) is 0 Å². The highest BCUT2D eigenvalue weighted by Crippen LogP contribution is 2.36. The molecule has 1 aliphatic heterocycles. The third-order valence-electron chi connectivity index (χ3n) is 4.96. The predicted molar refractivity (Wildman–Crippen MR) is 102 cm³/mol. The second kappa shape index (κ2) is 7.15. The largest absolute Gasteiger partial charge is 0.345 e. The van der Waals surface area contributed by atoms with Gasteiger partial charge in [0.2, 0.25) is 0 Å². The van der Waals surface area contributed by atoms with Crippen molar-refractivity contribution in [3.05, 3.63) is 41.1 Å². The monoisotopic (exact) mass is 370 g/mol. The number of hydrogen-bond acceptors (Lipinski definition) is 4. The van der Waals surface area contributed by atoms with E-state index in [1.807, 2.05) is 31.2 Å². The quantitative estimate of drug-likeness (QED) is 0.815. The Balaban J connectivity index is 1.58. The maximum absolute atomic E-state index is 12.5. The minimum atomic E-state index is -0.620. The van der Waals surface area contributed by atoms with E-state index >= 15 is 0 Å². The van der Waals surface area contributed by atoms with Crippen molar-refractivity contribution in [2.75, 3.05) is 5.32 Å². The Bertz CT molecular complexity index is 838. The van der Waals surface area contributed by atoms with E-state index in [1.54, 1.807) is 16.4 Å². The molecule has 2 aromatic rings. The number of thioether (sulfide) groups is 1. The van der Waals surface area contributed by atoms with Crippen LogP contribution in [0, 0.1) is 6.92 Å². The standard InChI is InChI=1S/C19H22N4O2S/c1-12-6-8-14(9-7-12)23-17(15-10-26-11-16(15)22-23)21-19(25)18(24)20-13-4-2-3-5-13/h6-9,13H,2-5,10-11H2,1H3,(H,20,24)(H,21,25). The smallest absolute Gasteiger partial charge is 0.314 e. The lowest BCUT2D eigenvalue weighted by atomic mass is 10.2. The molecule has 0 spiro atoms. The molecular formula is C19H22N4O2S. The molecule has 4 rings (SSSR count). The van der Waals surface area contributed by atoms with Gasteiger partial charge in [-0.1, -0.05) is 30.5 Å². The molecule has 2 amide bonds. The third kappa shape index (κ3) is 3.35. The van der Waals surface area contributed by atoms with E-state index in [1.165, 1.54) is 0 Å². The van der Waals surface area contributed by atoms with Crippen molar-refractivity contribution >= 4 is 29.4 Å². The van der Waals surface area contributed by atoms with Crippen molar-refractivity contribution in [1.82, 2.24) is 15.1 Å². The Morgan fingerprint density at radius 2 is 1.85 bits per heavy atom. The minimum absolute atomic E-state index is 0.122. The lowest BCUT2D eigenvalue weighted by Crippen LogP contribution is -2.41. The molecule has 1 aromatic carbocycles. The van der Waals surface area contributed by atoms with Crippen LogP contribution in [-0.4, -0.2) is 27.6 Å². The number of benzene rings is 1. The molecule has 0 bridgehead atoms. The van der Waals surface area contributed by atoms with Crippen LogP contribution in [0.3, 0.4) is 0 Å². The second-order valence-corrected chi connectivity index (χ2v) is 7.91. The van der Waals surface area contributed by atoms with Crippen molar-refractivity contribution < 1.29 is 9.59 Å². The van der Waals surface area contributed by atoms with Gasteiger partial charge in [-0.05, 0) is 31.9 Å². The highest BCUT2D eigenvalue weighted by molar-refractivity contribution is 7.98. The van der Waals surface area contributed by atoms with Crippen molar-refractivity contribution in [2.45, 2.75) is 50.2 Å². The first-order valence-electron chi connectivity index (χ1n) is 8.99. The molecule has 0 atom stereocenters. The number of hydrogen-bond donors (Lipinski definition) is 2. The predicted octanol–water partition coefficient (Wildman–Crippen LogP) is 2.92. The summed E-state index contributed by atoms with van der Waals surface area (Å²) < 4.78 is 1.74. The molecule has 6 nitrogen and oxygen atoms in total. The summed E-state index contributed by atoms with van der Waals surface area (Å²) in [7, 11) is 0. The first kappa shape index (κ1) is 17.1. The van der Waals surface area contributed by atoms with E-state index in [4.69, 9.17) is 0 Å². The highest BCUT2D eigenvalue weighted by Gasteiger charge is 2.27. The molecule has 0 saturated heterocycles. The Labute approximate surface area is 156 Å². The fourth-order valence-electron chi connectivity index (χ4n) is 3.50. The molecule has 1 aromatic heterocycles. The van der Waals surface area contributed by atoms with Crippen molar-refractivity contribution in [3.63, 3.8) is 0 Å². The lowest BCUT2D eigenvalue weighted by molar-refractivity contribution is -0.136. The van der Waals surface area contributed by atoms with Crippen LogP contribution < -0.4 is 10.6 Å². The second-order valence-electron chi connectivity index (χ2n) is 6.92. The van der Waals surface area contributed by atoms with Gasteiger partial charge in [-0.2, -0.15) is 16.9 Å². The first-order valence-corrected chi connectivity index (χ1v) is 10.1. The zero-order chi connectivity index (χ0) is 18.1. The number of nitrogens with zero attached hydrogens (tertiary/aromatic N) is 2. The molecule has 26 heavy (non-hydrogen) atoms. The van der Waals surface area contributed by atoms with Crippen LogP contribution in [0.4, 0.5) is 5.82 Å².